The van der Waals surface area contributed by atoms with Crippen LogP contribution in [0.5, 0.6) is 5.75 Å². The maximum absolute atomic E-state index is 11.1. The minimum atomic E-state index is -0.987. The highest BCUT2D eigenvalue weighted by molar-refractivity contribution is 5.87. The van der Waals surface area contributed by atoms with Crippen molar-refractivity contribution < 1.29 is 9.84 Å². The molecular weight excluding hydrogens is 292 g/mol. The number of hydrogen-bond acceptors (Lipinski definition) is 6. The van der Waals surface area contributed by atoms with E-state index in [1.165, 1.54) is 6.33 Å². The normalized spacial score (nSPS) is 19.9. The predicted molar refractivity (Wildman–Crippen MR) is 86.3 cm³/mol. The van der Waals surface area contributed by atoms with Gasteiger partial charge in [0, 0.05) is 30.1 Å². The third-order valence-corrected chi connectivity index (χ3v) is 4.15. The average molecular weight is 308 g/mol. The van der Waals surface area contributed by atoms with Gasteiger partial charge in [-0.25, -0.2) is 9.97 Å². The Kier molecular flexibility index (Phi) is 3.31. The molecular formula is C17H16N4O2. The molecule has 1 aliphatic rings. The van der Waals surface area contributed by atoms with Crippen LogP contribution in [0.4, 0.5) is 5.82 Å². The molecule has 1 aliphatic heterocycles. The Balaban J connectivity index is 1.64. The van der Waals surface area contributed by atoms with Crippen LogP contribution in [-0.4, -0.2) is 33.2 Å². The van der Waals surface area contributed by atoms with Gasteiger partial charge in [0.25, 0.3) is 0 Å². The van der Waals surface area contributed by atoms with Gasteiger partial charge in [0.2, 0.25) is 0 Å². The number of anilines is 1. The highest BCUT2D eigenvalue weighted by atomic mass is 16.5. The van der Waals surface area contributed by atoms with Crippen LogP contribution < -0.4 is 10.1 Å². The molecule has 1 unspecified atom stereocenters. The molecule has 23 heavy (non-hydrogen) atoms. The second kappa shape index (κ2) is 5.48. The van der Waals surface area contributed by atoms with Crippen LogP contribution in [0.3, 0.4) is 0 Å². The molecule has 0 bridgehead atoms. The lowest BCUT2D eigenvalue weighted by atomic mass is 9.88. The van der Waals surface area contributed by atoms with Crippen LogP contribution in [0, 0.1) is 0 Å². The molecule has 0 radical (unpaired) electrons. The highest BCUT2D eigenvalue weighted by Gasteiger charge is 2.35. The van der Waals surface area contributed by atoms with E-state index >= 15 is 0 Å². The van der Waals surface area contributed by atoms with Crippen LogP contribution in [0.15, 0.2) is 49.1 Å². The summed E-state index contributed by atoms with van der Waals surface area (Å²) in [6.07, 6.45) is 5.42. The molecule has 6 nitrogen and oxygen atoms in total. The molecule has 1 aromatic carbocycles. The lowest BCUT2D eigenvalue weighted by Crippen LogP contribution is -2.39. The molecule has 6 heteroatoms. The number of benzene rings is 1. The quantitative estimate of drug-likeness (QED) is 0.771. The first-order valence-corrected chi connectivity index (χ1v) is 7.50. The summed E-state index contributed by atoms with van der Waals surface area (Å²) >= 11 is 0. The predicted octanol–water partition coefficient (Wildman–Crippen LogP) is 2.11. The van der Waals surface area contributed by atoms with Crippen molar-refractivity contribution >= 4 is 16.7 Å². The van der Waals surface area contributed by atoms with Gasteiger partial charge in [0.15, 0.2) is 0 Å². The minimum absolute atomic E-state index is 0.349. The van der Waals surface area contributed by atoms with E-state index in [-0.39, 0.29) is 0 Å². The zero-order chi connectivity index (χ0) is 15.7. The highest BCUT2D eigenvalue weighted by Crippen LogP contribution is 2.37. The van der Waals surface area contributed by atoms with Crippen molar-refractivity contribution in [3.8, 4) is 5.75 Å². The van der Waals surface area contributed by atoms with E-state index in [1.807, 2.05) is 30.3 Å². The number of para-hydroxylation sites is 1. The fourth-order valence-corrected chi connectivity index (χ4v) is 2.90. The van der Waals surface area contributed by atoms with Gasteiger partial charge in [0.05, 0.1) is 18.3 Å². The average Bonchev–Trinajstić information content (AvgIpc) is 2.60. The number of aromatic nitrogens is 3. The number of ether oxygens (including phenoxy) is 1. The Bertz CT molecular complexity index is 849. The van der Waals surface area contributed by atoms with Crippen LogP contribution in [0.2, 0.25) is 0 Å². The lowest BCUT2D eigenvalue weighted by molar-refractivity contribution is 0.00911. The molecule has 116 valence electrons. The first-order chi connectivity index (χ1) is 11.3. The van der Waals surface area contributed by atoms with E-state index in [1.54, 1.807) is 12.4 Å². The first-order valence-electron chi connectivity index (χ1n) is 7.50. The smallest absolute Gasteiger partial charge is 0.137 e. The first kappa shape index (κ1) is 13.9. The van der Waals surface area contributed by atoms with E-state index in [9.17, 15) is 5.11 Å². The van der Waals surface area contributed by atoms with Crippen LogP contribution in [0.25, 0.3) is 10.9 Å². The topological polar surface area (TPSA) is 80.2 Å². The van der Waals surface area contributed by atoms with Gasteiger partial charge in [-0.1, -0.05) is 18.2 Å². The molecule has 3 heterocycles. The number of nitrogens with one attached hydrogen (secondary N) is 1. The SMILES string of the molecule is OC1(CNc2ncnc3cnccc23)CCOc2ccccc21. The Labute approximate surface area is 133 Å². The summed E-state index contributed by atoms with van der Waals surface area (Å²) in [5, 5.41) is 15.2. The summed E-state index contributed by atoms with van der Waals surface area (Å²) in [6.45, 7) is 0.839. The Morgan fingerprint density at radius 2 is 2.13 bits per heavy atom. The van der Waals surface area contributed by atoms with Crippen molar-refractivity contribution in [2.45, 2.75) is 12.0 Å². The largest absolute Gasteiger partial charge is 0.493 e. The third kappa shape index (κ3) is 2.47. The van der Waals surface area contributed by atoms with Gasteiger partial charge < -0.3 is 15.2 Å². The van der Waals surface area contributed by atoms with E-state index < -0.39 is 5.60 Å². The molecule has 0 saturated carbocycles. The molecule has 2 aromatic heterocycles. The fourth-order valence-electron chi connectivity index (χ4n) is 2.90. The molecule has 0 aliphatic carbocycles. The second-order valence-corrected chi connectivity index (χ2v) is 5.59. The maximum atomic E-state index is 11.1. The van der Waals surface area contributed by atoms with Crippen LogP contribution in [-0.2, 0) is 5.60 Å². The van der Waals surface area contributed by atoms with Crippen molar-refractivity contribution in [1.82, 2.24) is 15.0 Å². The van der Waals surface area contributed by atoms with Crippen molar-refractivity contribution in [3.63, 3.8) is 0 Å². The molecule has 0 fully saturated rings. The number of pyridine rings is 1. The summed E-state index contributed by atoms with van der Waals surface area (Å²) in [7, 11) is 0. The van der Waals surface area contributed by atoms with Crippen molar-refractivity contribution in [2.75, 3.05) is 18.5 Å². The zero-order valence-electron chi connectivity index (χ0n) is 12.4. The van der Waals surface area contributed by atoms with E-state index in [4.69, 9.17) is 4.74 Å². The Hall–Kier alpha value is -2.73. The number of fused-ring (bicyclic) bond motifs is 2. The van der Waals surface area contributed by atoms with Crippen molar-refractivity contribution in [1.29, 1.82) is 0 Å². The van der Waals surface area contributed by atoms with Gasteiger partial charge in [-0.2, -0.15) is 0 Å². The Morgan fingerprint density at radius 1 is 1.22 bits per heavy atom. The number of nitrogens with zero attached hydrogens (tertiary/aromatic N) is 3. The molecule has 0 saturated heterocycles. The number of hydrogen-bond donors (Lipinski definition) is 2. The van der Waals surface area contributed by atoms with Crippen LogP contribution in [0.1, 0.15) is 12.0 Å². The van der Waals surface area contributed by atoms with E-state index in [0.717, 1.165) is 22.2 Å². The molecule has 1 atom stereocenters. The molecule has 2 N–H and O–H groups in total. The molecule has 3 aromatic rings. The maximum Gasteiger partial charge on any atom is 0.137 e. The van der Waals surface area contributed by atoms with Crippen molar-refractivity contribution in [2.24, 2.45) is 0 Å². The zero-order valence-corrected chi connectivity index (χ0v) is 12.4. The summed E-state index contributed by atoms with van der Waals surface area (Å²) in [5.74, 6) is 1.43. The van der Waals surface area contributed by atoms with Gasteiger partial charge in [-0.3, -0.25) is 4.98 Å². The summed E-state index contributed by atoms with van der Waals surface area (Å²) < 4.78 is 5.62. The summed E-state index contributed by atoms with van der Waals surface area (Å²) in [6, 6.07) is 9.45. The minimum Gasteiger partial charge on any atom is -0.493 e. The third-order valence-electron chi connectivity index (χ3n) is 4.15. The summed E-state index contributed by atoms with van der Waals surface area (Å²) in [4.78, 5) is 12.5. The fraction of sp³-hybridized carbons (Fsp3) is 0.235. The van der Waals surface area contributed by atoms with E-state index in [0.29, 0.717) is 25.4 Å². The monoisotopic (exact) mass is 308 g/mol. The number of aliphatic hydroxyl groups is 1. The number of rotatable bonds is 3. The van der Waals surface area contributed by atoms with Gasteiger partial charge in [-0.05, 0) is 12.1 Å². The standard InChI is InChI=1S/C17H16N4O2/c22-17(6-8-23-15-4-2-1-3-13(15)17)10-19-16-12-5-7-18-9-14(12)20-11-21-16/h1-5,7,9,11,22H,6,8,10H2,(H,19,20,21). The van der Waals surface area contributed by atoms with Crippen LogP contribution >= 0.6 is 0 Å². The van der Waals surface area contributed by atoms with Gasteiger partial charge in [0.1, 0.15) is 23.5 Å². The van der Waals surface area contributed by atoms with E-state index in [2.05, 4.69) is 20.3 Å². The Morgan fingerprint density at radius 3 is 3.09 bits per heavy atom. The van der Waals surface area contributed by atoms with Gasteiger partial charge >= 0.3 is 0 Å². The molecule has 0 spiro atoms. The molecule has 0 amide bonds. The second-order valence-electron chi connectivity index (χ2n) is 5.59. The molecule has 4 rings (SSSR count). The summed E-state index contributed by atoms with van der Waals surface area (Å²) in [5.41, 5.74) is 0.585. The van der Waals surface area contributed by atoms with Crippen molar-refractivity contribution in [3.05, 3.63) is 54.6 Å². The van der Waals surface area contributed by atoms with Gasteiger partial charge in [-0.15, -0.1) is 0 Å². The lowest BCUT2D eigenvalue weighted by Gasteiger charge is -2.34.